The van der Waals surface area contributed by atoms with Crippen LogP contribution in [0.3, 0.4) is 0 Å². The number of aliphatic hydroxyl groups is 1. The van der Waals surface area contributed by atoms with Crippen LogP contribution in [-0.2, 0) is 0 Å². The molecule has 1 aliphatic rings. The van der Waals surface area contributed by atoms with Gasteiger partial charge in [0, 0.05) is 38.8 Å². The highest BCUT2D eigenvalue weighted by Gasteiger charge is 2.31. The summed E-state index contributed by atoms with van der Waals surface area (Å²) >= 11 is 0. The molecule has 1 saturated heterocycles. The van der Waals surface area contributed by atoms with Crippen LogP contribution in [0.1, 0.15) is 30.6 Å². The molecule has 0 aromatic heterocycles. The Hall–Kier alpha value is -1.66. The Morgan fingerprint density at radius 1 is 1.39 bits per heavy atom. The van der Waals surface area contributed by atoms with Crippen molar-refractivity contribution in [2.24, 2.45) is 5.92 Å². The van der Waals surface area contributed by atoms with Crippen LogP contribution in [0.5, 0.6) is 5.75 Å². The van der Waals surface area contributed by atoms with Crippen LogP contribution < -0.4 is 0 Å². The van der Waals surface area contributed by atoms with Crippen molar-refractivity contribution >= 4 is 5.91 Å². The molecule has 128 valence electrons. The van der Waals surface area contributed by atoms with Crippen LogP contribution in [0.2, 0.25) is 0 Å². The summed E-state index contributed by atoms with van der Waals surface area (Å²) in [5.41, 5.74) is -0.271. The first-order chi connectivity index (χ1) is 10.9. The number of carbonyl (C=O) groups is 1. The number of nitrogens with zero attached hydrogens (tertiary/aromatic N) is 2. The molecule has 2 N–H and O–H groups in total. The molecule has 2 rings (SSSR count). The van der Waals surface area contributed by atoms with Gasteiger partial charge in [-0.3, -0.25) is 9.69 Å². The molecule has 1 atom stereocenters. The molecule has 1 aliphatic heterocycles. The van der Waals surface area contributed by atoms with Crippen molar-refractivity contribution in [1.82, 2.24) is 9.80 Å². The van der Waals surface area contributed by atoms with E-state index in [1.54, 1.807) is 4.90 Å². The number of carbonyl (C=O) groups excluding carboxylic acids is 1. The highest BCUT2D eigenvalue weighted by Crippen LogP contribution is 2.24. The molecule has 1 aromatic carbocycles. The molecule has 0 radical (unpaired) electrons. The number of phenols is 1. The van der Waals surface area contributed by atoms with Crippen molar-refractivity contribution in [2.45, 2.75) is 26.3 Å². The maximum atomic E-state index is 13.9. The third-order valence-electron chi connectivity index (χ3n) is 4.16. The average molecular weight is 324 g/mol. The van der Waals surface area contributed by atoms with Crippen molar-refractivity contribution in [2.75, 3.05) is 32.8 Å². The molecule has 0 saturated carbocycles. The first-order valence-corrected chi connectivity index (χ1v) is 8.05. The Morgan fingerprint density at radius 2 is 2.13 bits per heavy atom. The summed E-state index contributed by atoms with van der Waals surface area (Å²) in [7, 11) is 0. The van der Waals surface area contributed by atoms with Gasteiger partial charge in [-0.05, 0) is 24.5 Å². The fourth-order valence-corrected chi connectivity index (χ4v) is 3.09. The second-order valence-electron chi connectivity index (χ2n) is 6.44. The number of aliphatic hydroxyl groups excluding tert-OH is 1. The lowest BCUT2D eigenvalue weighted by Crippen LogP contribution is -2.55. The van der Waals surface area contributed by atoms with Gasteiger partial charge in [0.25, 0.3) is 5.91 Å². The molecule has 1 heterocycles. The molecule has 0 bridgehead atoms. The zero-order valence-electron chi connectivity index (χ0n) is 13.7. The maximum Gasteiger partial charge on any atom is 0.260 e. The quantitative estimate of drug-likeness (QED) is 0.865. The molecular formula is C17H25FN2O3. The Bertz CT molecular complexity index is 530. The van der Waals surface area contributed by atoms with E-state index in [9.17, 15) is 19.4 Å². The van der Waals surface area contributed by atoms with Crippen molar-refractivity contribution in [3.8, 4) is 5.75 Å². The minimum atomic E-state index is -0.710. The SMILES string of the molecule is CC(C)CN1CCN(C(=O)c2c(O)cccc2F)C[C@@H]1CCO. The molecule has 0 spiro atoms. The Labute approximate surface area is 136 Å². The van der Waals surface area contributed by atoms with Gasteiger partial charge in [-0.25, -0.2) is 4.39 Å². The zero-order chi connectivity index (χ0) is 17.0. The number of aromatic hydroxyl groups is 1. The molecule has 0 unspecified atom stereocenters. The lowest BCUT2D eigenvalue weighted by atomic mass is 10.0. The summed E-state index contributed by atoms with van der Waals surface area (Å²) in [4.78, 5) is 16.4. The van der Waals surface area contributed by atoms with Gasteiger partial charge < -0.3 is 15.1 Å². The number of amides is 1. The normalized spacial score (nSPS) is 19.3. The molecule has 1 aromatic rings. The van der Waals surface area contributed by atoms with Crippen LogP contribution in [-0.4, -0.2) is 64.7 Å². The Morgan fingerprint density at radius 3 is 2.74 bits per heavy atom. The fraction of sp³-hybridized carbons (Fsp3) is 0.588. The van der Waals surface area contributed by atoms with Gasteiger partial charge in [-0.1, -0.05) is 19.9 Å². The van der Waals surface area contributed by atoms with E-state index in [0.717, 1.165) is 6.54 Å². The number of piperazine rings is 1. The topological polar surface area (TPSA) is 64.0 Å². The highest BCUT2D eigenvalue weighted by atomic mass is 19.1. The van der Waals surface area contributed by atoms with Crippen LogP contribution in [0, 0.1) is 11.7 Å². The van der Waals surface area contributed by atoms with Gasteiger partial charge in [0.1, 0.15) is 17.1 Å². The highest BCUT2D eigenvalue weighted by molar-refractivity contribution is 5.97. The molecule has 1 fully saturated rings. The zero-order valence-corrected chi connectivity index (χ0v) is 13.7. The Kier molecular flexibility index (Phi) is 5.96. The number of phenolic OH excluding ortho intramolecular Hbond substituents is 1. The summed E-state index contributed by atoms with van der Waals surface area (Å²) in [6.07, 6.45) is 0.569. The van der Waals surface area contributed by atoms with E-state index < -0.39 is 11.7 Å². The van der Waals surface area contributed by atoms with E-state index >= 15 is 0 Å². The van der Waals surface area contributed by atoms with Crippen LogP contribution in [0.15, 0.2) is 18.2 Å². The minimum absolute atomic E-state index is 0.0479. The van der Waals surface area contributed by atoms with Crippen LogP contribution in [0.4, 0.5) is 4.39 Å². The summed E-state index contributed by atoms with van der Waals surface area (Å²) in [6, 6.07) is 3.91. The van der Waals surface area contributed by atoms with Crippen molar-refractivity contribution in [1.29, 1.82) is 0 Å². The van der Waals surface area contributed by atoms with Gasteiger partial charge in [-0.2, -0.15) is 0 Å². The van der Waals surface area contributed by atoms with E-state index in [4.69, 9.17) is 0 Å². The van der Waals surface area contributed by atoms with E-state index in [0.29, 0.717) is 32.0 Å². The van der Waals surface area contributed by atoms with Crippen molar-refractivity contribution in [3.05, 3.63) is 29.6 Å². The standard InChI is InChI=1S/C17H25FN2O3/c1-12(2)10-19-7-8-20(11-13(19)6-9-21)17(23)16-14(18)4-3-5-15(16)22/h3-5,12-13,21-22H,6-11H2,1-2H3/t13-/m0/s1. The minimum Gasteiger partial charge on any atom is -0.507 e. The predicted octanol–water partition coefficient (Wildman–Crippen LogP) is 1.70. The third kappa shape index (κ3) is 4.20. The van der Waals surface area contributed by atoms with Gasteiger partial charge in [0.05, 0.1) is 0 Å². The number of rotatable bonds is 5. The summed E-state index contributed by atoms with van der Waals surface area (Å²) in [5.74, 6) is -1.04. The molecule has 1 amide bonds. The summed E-state index contributed by atoms with van der Waals surface area (Å²) < 4.78 is 13.9. The van der Waals surface area contributed by atoms with E-state index in [1.807, 2.05) is 0 Å². The lowest BCUT2D eigenvalue weighted by molar-refractivity contribution is 0.0379. The molecule has 6 heteroatoms. The third-order valence-corrected chi connectivity index (χ3v) is 4.16. The first kappa shape index (κ1) is 17.7. The molecule has 23 heavy (non-hydrogen) atoms. The number of halogens is 1. The summed E-state index contributed by atoms with van der Waals surface area (Å²) in [6.45, 7) is 6.81. The predicted molar refractivity (Wildman–Crippen MR) is 85.9 cm³/mol. The summed E-state index contributed by atoms with van der Waals surface area (Å²) in [5, 5.41) is 19.1. The first-order valence-electron chi connectivity index (χ1n) is 8.05. The van der Waals surface area contributed by atoms with E-state index in [-0.39, 0.29) is 24.0 Å². The molecule has 0 aliphatic carbocycles. The van der Waals surface area contributed by atoms with Gasteiger partial charge in [0.2, 0.25) is 0 Å². The smallest absolute Gasteiger partial charge is 0.260 e. The second-order valence-corrected chi connectivity index (χ2v) is 6.44. The lowest BCUT2D eigenvalue weighted by Gasteiger charge is -2.42. The van der Waals surface area contributed by atoms with Crippen LogP contribution in [0.25, 0.3) is 0 Å². The van der Waals surface area contributed by atoms with Gasteiger partial charge in [-0.15, -0.1) is 0 Å². The van der Waals surface area contributed by atoms with Gasteiger partial charge in [0.15, 0.2) is 0 Å². The van der Waals surface area contributed by atoms with E-state index in [1.165, 1.54) is 18.2 Å². The average Bonchev–Trinajstić information content (AvgIpc) is 2.48. The van der Waals surface area contributed by atoms with E-state index in [2.05, 4.69) is 18.7 Å². The fourth-order valence-electron chi connectivity index (χ4n) is 3.09. The Balaban J connectivity index is 2.14. The van der Waals surface area contributed by atoms with Crippen molar-refractivity contribution in [3.63, 3.8) is 0 Å². The second kappa shape index (κ2) is 7.75. The maximum absolute atomic E-state index is 13.9. The van der Waals surface area contributed by atoms with Crippen LogP contribution >= 0.6 is 0 Å². The number of benzene rings is 1. The van der Waals surface area contributed by atoms with Crippen molar-refractivity contribution < 1.29 is 19.4 Å². The monoisotopic (exact) mass is 324 g/mol. The molecule has 5 nitrogen and oxygen atoms in total. The molecular weight excluding hydrogens is 299 g/mol. The number of hydrogen-bond donors (Lipinski definition) is 2. The number of hydrogen-bond acceptors (Lipinski definition) is 4. The van der Waals surface area contributed by atoms with Gasteiger partial charge >= 0.3 is 0 Å². The largest absolute Gasteiger partial charge is 0.507 e.